The van der Waals surface area contributed by atoms with Crippen LogP contribution in [0.25, 0.3) is 16.9 Å². The largest absolute Gasteiger partial charge is 0.494 e. The first-order chi connectivity index (χ1) is 18.6. The molecule has 0 bridgehead atoms. The first-order valence-corrected chi connectivity index (χ1v) is 12.6. The number of aryl methyl sites for hydroxylation is 2. The molecule has 1 spiro atoms. The Morgan fingerprint density at radius 2 is 1.97 bits per heavy atom. The molecule has 6 rings (SSSR count). The molecular weight excluding hydrogens is 535 g/mol. The highest BCUT2D eigenvalue weighted by Crippen LogP contribution is 2.62. The van der Waals surface area contributed by atoms with Gasteiger partial charge in [0.2, 0.25) is 5.91 Å². The normalized spacial score (nSPS) is 20.7. The zero-order valence-corrected chi connectivity index (χ0v) is 21.7. The Kier molecular flexibility index (Phi) is 5.90. The van der Waals surface area contributed by atoms with Crippen LogP contribution in [0.1, 0.15) is 30.3 Å². The number of ether oxygens (including phenoxy) is 1. The summed E-state index contributed by atoms with van der Waals surface area (Å²) in [5.41, 5.74) is 1.83. The molecule has 1 aliphatic heterocycles. The van der Waals surface area contributed by atoms with Crippen molar-refractivity contribution < 1.29 is 22.7 Å². The topological polar surface area (TPSA) is 91.0 Å². The van der Waals surface area contributed by atoms with Crippen LogP contribution in [0, 0.1) is 12.3 Å². The van der Waals surface area contributed by atoms with Crippen LogP contribution in [0.5, 0.6) is 5.75 Å². The van der Waals surface area contributed by atoms with E-state index in [4.69, 9.17) is 16.3 Å². The number of halogens is 4. The number of hydrogen-bond donors (Lipinski definition) is 0. The highest BCUT2D eigenvalue weighted by molar-refractivity contribution is 6.30. The number of nitrogens with zero attached hydrogens (tertiary/aromatic N) is 7. The maximum Gasteiger partial charge on any atom is 0.406 e. The van der Waals surface area contributed by atoms with Crippen molar-refractivity contribution in [3.63, 3.8) is 0 Å². The van der Waals surface area contributed by atoms with Gasteiger partial charge in [-0.05, 0) is 62.1 Å². The second-order valence-corrected chi connectivity index (χ2v) is 10.3. The molecule has 2 aromatic carbocycles. The summed E-state index contributed by atoms with van der Waals surface area (Å²) in [7, 11) is 1.55. The quantitative estimate of drug-likeness (QED) is 0.344. The van der Waals surface area contributed by atoms with Crippen molar-refractivity contribution in [2.75, 3.05) is 18.6 Å². The van der Waals surface area contributed by atoms with Gasteiger partial charge in [-0.3, -0.25) is 4.79 Å². The van der Waals surface area contributed by atoms with Gasteiger partial charge in [0.05, 0.1) is 24.8 Å². The number of fused-ring (bicyclic) bond motifs is 1. The lowest BCUT2D eigenvalue weighted by Gasteiger charge is -2.27. The first-order valence-electron chi connectivity index (χ1n) is 12.2. The molecule has 9 nitrogen and oxygen atoms in total. The molecule has 2 aromatic heterocycles. The second-order valence-electron chi connectivity index (χ2n) is 9.86. The van der Waals surface area contributed by atoms with E-state index in [1.54, 1.807) is 48.1 Å². The summed E-state index contributed by atoms with van der Waals surface area (Å²) < 4.78 is 49.4. The summed E-state index contributed by atoms with van der Waals surface area (Å²) >= 11 is 6.12. The van der Waals surface area contributed by atoms with Gasteiger partial charge >= 0.3 is 6.18 Å². The zero-order valence-electron chi connectivity index (χ0n) is 21.0. The van der Waals surface area contributed by atoms with Crippen LogP contribution in [0.15, 0.2) is 48.9 Å². The van der Waals surface area contributed by atoms with Gasteiger partial charge in [0.25, 0.3) is 0 Å². The average molecular weight is 558 g/mol. The molecule has 2 aliphatic rings. The summed E-state index contributed by atoms with van der Waals surface area (Å²) in [5.74, 6) is 0.612. The lowest BCUT2D eigenvalue weighted by atomic mass is 9.96. The van der Waals surface area contributed by atoms with Crippen LogP contribution < -0.4 is 9.64 Å². The van der Waals surface area contributed by atoms with E-state index in [1.807, 2.05) is 12.1 Å². The molecule has 1 saturated carbocycles. The van der Waals surface area contributed by atoms with E-state index in [0.29, 0.717) is 52.8 Å². The lowest BCUT2D eigenvalue weighted by Crippen LogP contribution is -2.43. The summed E-state index contributed by atoms with van der Waals surface area (Å²) in [6.45, 7) is 0.421. The second kappa shape index (κ2) is 9.08. The Bertz CT molecular complexity index is 1580. The summed E-state index contributed by atoms with van der Waals surface area (Å²) in [6.07, 6.45) is -0.0725. The van der Waals surface area contributed by atoms with Crippen molar-refractivity contribution in [1.29, 1.82) is 0 Å². The Morgan fingerprint density at radius 1 is 1.18 bits per heavy atom. The Morgan fingerprint density at radius 3 is 2.69 bits per heavy atom. The molecule has 3 heterocycles. The fraction of sp³-hybridized carbons (Fsp3) is 0.346. The minimum absolute atomic E-state index is 0.248. The molecule has 1 amide bonds. The van der Waals surface area contributed by atoms with Crippen LogP contribution in [0.3, 0.4) is 0 Å². The Labute approximate surface area is 226 Å². The molecule has 2 unspecified atom stereocenters. The molecule has 0 radical (unpaired) electrons. The van der Waals surface area contributed by atoms with Crippen LogP contribution in [0.2, 0.25) is 5.02 Å². The third-order valence-corrected chi connectivity index (χ3v) is 7.61. The van der Waals surface area contributed by atoms with E-state index in [-0.39, 0.29) is 5.69 Å². The number of aromatic nitrogens is 6. The van der Waals surface area contributed by atoms with Crippen LogP contribution in [0.4, 0.5) is 18.9 Å². The van der Waals surface area contributed by atoms with Crippen molar-refractivity contribution in [3.05, 3.63) is 65.3 Å². The van der Waals surface area contributed by atoms with Gasteiger partial charge in [-0.1, -0.05) is 22.9 Å². The van der Waals surface area contributed by atoms with Gasteiger partial charge in [0, 0.05) is 16.3 Å². The minimum atomic E-state index is -4.56. The summed E-state index contributed by atoms with van der Waals surface area (Å²) in [6, 6.07) is 9.68. The van der Waals surface area contributed by atoms with Gasteiger partial charge in [-0.2, -0.15) is 18.3 Å². The number of anilines is 1. The van der Waals surface area contributed by atoms with Crippen molar-refractivity contribution in [1.82, 2.24) is 29.8 Å². The third-order valence-electron chi connectivity index (χ3n) is 7.37. The molecule has 1 fully saturated rings. The van der Waals surface area contributed by atoms with E-state index in [9.17, 15) is 18.0 Å². The van der Waals surface area contributed by atoms with Crippen molar-refractivity contribution in [3.8, 4) is 22.7 Å². The van der Waals surface area contributed by atoms with Gasteiger partial charge in [0.15, 0.2) is 0 Å². The van der Waals surface area contributed by atoms with Gasteiger partial charge < -0.3 is 9.64 Å². The van der Waals surface area contributed by atoms with E-state index >= 15 is 0 Å². The fourth-order valence-electron chi connectivity index (χ4n) is 5.38. The molecule has 1 aliphatic carbocycles. The van der Waals surface area contributed by atoms with Crippen molar-refractivity contribution in [2.24, 2.45) is 5.41 Å². The monoisotopic (exact) mass is 557 g/mol. The standard InChI is InChI=1S/C26H23ClF3N7O2/c1-15-31-14-37(33-15)21-5-3-16(10-22(21)39-2)19-12-36(34-32-19)23-11-25(23)8-7-17-9-18(27)4-6-20(17)35(24(25)38)13-26(28,29)30/h3-6,9-10,12,14,23H,7-8,11,13H2,1-2H3. The molecule has 202 valence electrons. The SMILES string of the molecule is COc1cc(-c2cn(C3CC34CCc3cc(Cl)ccc3N(CC(F)(F)F)C4=O)nn2)ccc1-n1cnc(C)n1. The highest BCUT2D eigenvalue weighted by atomic mass is 35.5. The van der Waals surface area contributed by atoms with Crippen LogP contribution in [-0.2, 0) is 11.2 Å². The number of amides is 1. The van der Waals surface area contributed by atoms with E-state index in [1.165, 1.54) is 12.1 Å². The minimum Gasteiger partial charge on any atom is -0.494 e. The van der Waals surface area contributed by atoms with Crippen LogP contribution in [-0.4, -0.2) is 55.5 Å². The number of alkyl halides is 3. The number of hydrogen-bond acceptors (Lipinski definition) is 6. The molecule has 0 N–H and O–H groups in total. The molecule has 2 atom stereocenters. The Hall–Kier alpha value is -3.93. The fourth-order valence-corrected chi connectivity index (χ4v) is 5.57. The van der Waals surface area contributed by atoms with Crippen molar-refractivity contribution >= 4 is 23.2 Å². The average Bonchev–Trinajstić information content (AvgIpc) is 3.21. The van der Waals surface area contributed by atoms with Gasteiger partial charge in [0.1, 0.15) is 35.8 Å². The van der Waals surface area contributed by atoms with Gasteiger partial charge in [-0.25, -0.2) is 14.3 Å². The summed E-state index contributed by atoms with van der Waals surface area (Å²) in [4.78, 5) is 18.7. The Balaban J connectivity index is 1.29. The maximum absolute atomic E-state index is 13.7. The smallest absolute Gasteiger partial charge is 0.406 e. The van der Waals surface area contributed by atoms with E-state index in [2.05, 4.69) is 20.4 Å². The first kappa shape index (κ1) is 25.4. The maximum atomic E-state index is 13.7. The third kappa shape index (κ3) is 4.52. The molecule has 39 heavy (non-hydrogen) atoms. The predicted octanol–water partition coefficient (Wildman–Crippen LogP) is 4.97. The lowest BCUT2D eigenvalue weighted by molar-refractivity contribution is -0.136. The number of rotatable bonds is 5. The molecule has 13 heteroatoms. The number of methoxy groups -OCH3 is 1. The van der Waals surface area contributed by atoms with E-state index in [0.717, 1.165) is 10.5 Å². The number of carbonyl (C=O) groups is 1. The highest BCUT2D eigenvalue weighted by Gasteiger charge is 2.64. The molecule has 4 aromatic rings. The van der Waals surface area contributed by atoms with Crippen LogP contribution >= 0.6 is 11.6 Å². The van der Waals surface area contributed by atoms with E-state index < -0.39 is 30.1 Å². The van der Waals surface area contributed by atoms with Gasteiger partial charge in [-0.15, -0.1) is 5.10 Å². The zero-order chi connectivity index (χ0) is 27.5. The summed E-state index contributed by atoms with van der Waals surface area (Å²) in [5, 5.41) is 13.3. The van der Waals surface area contributed by atoms with Crippen molar-refractivity contribution in [2.45, 2.75) is 38.4 Å². The number of benzene rings is 2. The molecule has 0 saturated heterocycles. The predicted molar refractivity (Wildman–Crippen MR) is 136 cm³/mol. The number of carbonyl (C=O) groups excluding carboxylic acids is 1. The molecular formula is C26H23ClF3N7O2.